The smallest absolute Gasteiger partial charge is 0.191 e. The average molecular weight is 287 g/mol. The maximum absolute atomic E-state index is 13.4. The van der Waals surface area contributed by atoms with Crippen LogP contribution in [-0.2, 0) is 6.54 Å². The van der Waals surface area contributed by atoms with Gasteiger partial charge >= 0.3 is 0 Å². The van der Waals surface area contributed by atoms with E-state index in [1.807, 2.05) is 13.2 Å². The van der Waals surface area contributed by atoms with Crippen LogP contribution in [0.15, 0.2) is 23.2 Å². The van der Waals surface area contributed by atoms with Gasteiger partial charge in [-0.1, -0.05) is 0 Å². The Labute approximate surface area is 116 Å². The fourth-order valence-corrected chi connectivity index (χ4v) is 1.75. The summed E-state index contributed by atoms with van der Waals surface area (Å²) in [5, 5.41) is 6.19. The van der Waals surface area contributed by atoms with Crippen molar-refractivity contribution < 1.29 is 8.78 Å². The lowest BCUT2D eigenvalue weighted by Crippen LogP contribution is -2.38. The van der Waals surface area contributed by atoms with E-state index in [1.54, 1.807) is 11.8 Å². The number of halogens is 2. The second-order valence-electron chi connectivity index (χ2n) is 3.85. The first-order valence-electron chi connectivity index (χ1n) is 6.12. The number of thioether (sulfide) groups is 1. The van der Waals surface area contributed by atoms with Crippen molar-refractivity contribution in [1.29, 1.82) is 0 Å². The zero-order chi connectivity index (χ0) is 14.1. The monoisotopic (exact) mass is 287 g/mol. The quantitative estimate of drug-likeness (QED) is 0.479. The van der Waals surface area contributed by atoms with E-state index in [-0.39, 0.29) is 12.1 Å². The van der Waals surface area contributed by atoms with Crippen LogP contribution in [0, 0.1) is 11.6 Å². The topological polar surface area (TPSA) is 36.4 Å². The van der Waals surface area contributed by atoms with Crippen LogP contribution in [0.4, 0.5) is 8.78 Å². The van der Waals surface area contributed by atoms with Gasteiger partial charge in [-0.3, -0.25) is 0 Å². The third-order valence-electron chi connectivity index (χ3n) is 2.36. The highest BCUT2D eigenvalue weighted by molar-refractivity contribution is 7.98. The molecule has 0 fully saturated rings. The van der Waals surface area contributed by atoms with Crippen LogP contribution in [0.3, 0.4) is 0 Å². The Balaban J connectivity index is 2.65. The molecule has 0 saturated heterocycles. The van der Waals surface area contributed by atoms with Crippen LogP contribution in [0.1, 0.15) is 12.5 Å². The molecule has 0 atom stereocenters. The molecule has 0 saturated carbocycles. The Morgan fingerprint density at radius 3 is 2.79 bits per heavy atom. The number of nitrogens with one attached hydrogen (secondary N) is 2. The number of hydrogen-bond acceptors (Lipinski definition) is 2. The molecular weight excluding hydrogens is 268 g/mol. The highest BCUT2D eigenvalue weighted by atomic mass is 32.2. The predicted molar refractivity (Wildman–Crippen MR) is 77.6 cm³/mol. The van der Waals surface area contributed by atoms with Gasteiger partial charge in [0.25, 0.3) is 0 Å². The second kappa shape index (κ2) is 8.74. The minimum atomic E-state index is -0.452. The van der Waals surface area contributed by atoms with E-state index in [1.165, 1.54) is 6.07 Å². The van der Waals surface area contributed by atoms with E-state index in [2.05, 4.69) is 15.6 Å². The Bertz CT molecular complexity index is 424. The molecule has 0 aliphatic rings. The first-order chi connectivity index (χ1) is 9.17. The summed E-state index contributed by atoms with van der Waals surface area (Å²) < 4.78 is 26.5. The van der Waals surface area contributed by atoms with Crippen LogP contribution < -0.4 is 10.6 Å². The molecule has 1 rings (SSSR count). The van der Waals surface area contributed by atoms with Gasteiger partial charge in [0.2, 0.25) is 0 Å². The summed E-state index contributed by atoms with van der Waals surface area (Å²) in [6, 6.07) is 3.39. The molecule has 1 aromatic carbocycles. The third kappa shape index (κ3) is 5.92. The summed E-state index contributed by atoms with van der Waals surface area (Å²) in [5.41, 5.74) is 0.252. The van der Waals surface area contributed by atoms with Crippen LogP contribution in [0.5, 0.6) is 0 Å². The van der Waals surface area contributed by atoms with Crippen LogP contribution >= 0.6 is 11.8 Å². The molecule has 0 aliphatic heterocycles. The molecule has 0 aliphatic carbocycles. The standard InChI is InChI=1S/C13H19F2N3S/c1-3-16-13(17-6-7-19-2)18-9-10-8-11(14)4-5-12(10)15/h4-5,8H,3,6-7,9H2,1-2H3,(H2,16,17,18). The van der Waals surface area contributed by atoms with Crippen molar-refractivity contribution in [3.05, 3.63) is 35.4 Å². The first-order valence-corrected chi connectivity index (χ1v) is 7.51. The van der Waals surface area contributed by atoms with Gasteiger partial charge in [-0.05, 0) is 31.4 Å². The fraction of sp³-hybridized carbons (Fsp3) is 0.462. The van der Waals surface area contributed by atoms with Crippen molar-refractivity contribution in [2.75, 3.05) is 25.1 Å². The molecule has 0 aromatic heterocycles. The van der Waals surface area contributed by atoms with Gasteiger partial charge in [0, 0.05) is 24.4 Å². The molecule has 0 heterocycles. The minimum absolute atomic E-state index is 0.109. The molecule has 0 amide bonds. The van der Waals surface area contributed by atoms with Crippen LogP contribution in [0.2, 0.25) is 0 Å². The van der Waals surface area contributed by atoms with Crippen molar-refractivity contribution >= 4 is 17.7 Å². The maximum atomic E-state index is 13.4. The summed E-state index contributed by atoms with van der Waals surface area (Å²) in [5.74, 6) is 0.677. The lowest BCUT2D eigenvalue weighted by molar-refractivity contribution is 0.585. The highest BCUT2D eigenvalue weighted by Gasteiger charge is 2.04. The van der Waals surface area contributed by atoms with E-state index in [0.29, 0.717) is 5.96 Å². The van der Waals surface area contributed by atoms with Crippen molar-refractivity contribution in [3.63, 3.8) is 0 Å². The van der Waals surface area contributed by atoms with Crippen molar-refractivity contribution in [1.82, 2.24) is 10.6 Å². The fourth-order valence-electron chi connectivity index (χ4n) is 1.44. The normalized spacial score (nSPS) is 11.5. The molecule has 0 radical (unpaired) electrons. The Morgan fingerprint density at radius 1 is 1.32 bits per heavy atom. The van der Waals surface area contributed by atoms with Gasteiger partial charge in [0.1, 0.15) is 11.6 Å². The summed E-state index contributed by atoms with van der Waals surface area (Å²) in [6.45, 7) is 3.56. The second-order valence-corrected chi connectivity index (χ2v) is 4.84. The van der Waals surface area contributed by atoms with Gasteiger partial charge in [0.05, 0.1) is 6.54 Å². The van der Waals surface area contributed by atoms with Crippen LogP contribution in [0.25, 0.3) is 0 Å². The van der Waals surface area contributed by atoms with Crippen LogP contribution in [-0.4, -0.2) is 31.1 Å². The highest BCUT2D eigenvalue weighted by Crippen LogP contribution is 2.10. The molecular formula is C13H19F2N3S. The lowest BCUT2D eigenvalue weighted by atomic mass is 10.2. The summed E-state index contributed by atoms with van der Waals surface area (Å²) in [6.07, 6.45) is 2.02. The van der Waals surface area contributed by atoms with Crippen molar-refractivity contribution in [2.45, 2.75) is 13.5 Å². The summed E-state index contributed by atoms with van der Waals surface area (Å²) >= 11 is 1.73. The zero-order valence-corrected chi connectivity index (χ0v) is 12.0. The summed E-state index contributed by atoms with van der Waals surface area (Å²) in [7, 11) is 0. The largest absolute Gasteiger partial charge is 0.357 e. The Hall–Kier alpha value is -1.30. The number of guanidine groups is 1. The van der Waals surface area contributed by atoms with Gasteiger partial charge in [-0.2, -0.15) is 11.8 Å². The van der Waals surface area contributed by atoms with E-state index >= 15 is 0 Å². The number of nitrogens with zero attached hydrogens (tertiary/aromatic N) is 1. The molecule has 6 heteroatoms. The SMILES string of the molecule is CCNC(=NCc1cc(F)ccc1F)NCCSC. The lowest BCUT2D eigenvalue weighted by Gasteiger charge is -2.10. The number of hydrogen-bond donors (Lipinski definition) is 2. The zero-order valence-electron chi connectivity index (χ0n) is 11.2. The Kier molecular flexibility index (Phi) is 7.25. The number of aliphatic imine (C=N–C) groups is 1. The number of rotatable bonds is 6. The maximum Gasteiger partial charge on any atom is 0.191 e. The van der Waals surface area contributed by atoms with E-state index in [0.717, 1.165) is 31.0 Å². The molecule has 1 aromatic rings. The van der Waals surface area contributed by atoms with E-state index < -0.39 is 11.6 Å². The Morgan fingerprint density at radius 2 is 2.11 bits per heavy atom. The van der Waals surface area contributed by atoms with Crippen molar-refractivity contribution in [2.24, 2.45) is 4.99 Å². The molecule has 2 N–H and O–H groups in total. The van der Waals surface area contributed by atoms with Gasteiger partial charge < -0.3 is 10.6 Å². The van der Waals surface area contributed by atoms with Gasteiger partial charge in [-0.25, -0.2) is 13.8 Å². The molecule has 0 unspecified atom stereocenters. The minimum Gasteiger partial charge on any atom is -0.357 e. The van der Waals surface area contributed by atoms with E-state index in [4.69, 9.17) is 0 Å². The van der Waals surface area contributed by atoms with Gasteiger partial charge in [0.15, 0.2) is 5.96 Å². The summed E-state index contributed by atoms with van der Waals surface area (Å²) in [4.78, 5) is 4.24. The van der Waals surface area contributed by atoms with E-state index in [9.17, 15) is 8.78 Å². The third-order valence-corrected chi connectivity index (χ3v) is 2.97. The number of benzene rings is 1. The molecule has 19 heavy (non-hydrogen) atoms. The molecule has 3 nitrogen and oxygen atoms in total. The first kappa shape index (κ1) is 15.8. The molecule has 106 valence electrons. The van der Waals surface area contributed by atoms with Gasteiger partial charge in [-0.15, -0.1) is 0 Å². The predicted octanol–water partition coefficient (Wildman–Crippen LogP) is 2.38. The van der Waals surface area contributed by atoms with Crippen molar-refractivity contribution in [3.8, 4) is 0 Å². The molecule has 0 bridgehead atoms. The average Bonchev–Trinajstić information content (AvgIpc) is 2.40. The molecule has 0 spiro atoms.